The van der Waals surface area contributed by atoms with E-state index in [0.29, 0.717) is 23.2 Å². The Morgan fingerprint density at radius 3 is 2.78 bits per heavy atom. The van der Waals surface area contributed by atoms with Crippen LogP contribution in [0.4, 0.5) is 14.5 Å². The van der Waals surface area contributed by atoms with E-state index in [4.69, 9.17) is 0 Å². The van der Waals surface area contributed by atoms with Gasteiger partial charge in [-0.25, -0.2) is 8.78 Å². The first kappa shape index (κ1) is 16.9. The highest BCUT2D eigenvalue weighted by atomic mass is 19.3. The molecule has 142 valence electrons. The minimum Gasteiger partial charge on any atom is -0.322 e. The van der Waals surface area contributed by atoms with E-state index >= 15 is 0 Å². The van der Waals surface area contributed by atoms with Crippen molar-refractivity contribution in [2.75, 3.05) is 5.32 Å². The SMILES string of the molecule is CC(C)C1C2c3cccc(NC(=O)c4cn(C)nc4C(F)F)c3C3CCC321. The first-order valence-electron chi connectivity index (χ1n) is 9.62. The fourth-order valence-electron chi connectivity index (χ4n) is 6.17. The summed E-state index contributed by atoms with van der Waals surface area (Å²) in [5.74, 6) is 1.97. The zero-order valence-corrected chi connectivity index (χ0v) is 15.7. The Bertz CT molecular complexity index is 951. The summed E-state index contributed by atoms with van der Waals surface area (Å²) in [5, 5.41) is 6.65. The molecule has 27 heavy (non-hydrogen) atoms. The van der Waals surface area contributed by atoms with Gasteiger partial charge < -0.3 is 5.32 Å². The summed E-state index contributed by atoms with van der Waals surface area (Å²) in [7, 11) is 1.54. The van der Waals surface area contributed by atoms with Crippen LogP contribution in [0.25, 0.3) is 0 Å². The predicted octanol–water partition coefficient (Wildman–Crippen LogP) is 4.86. The van der Waals surface area contributed by atoms with Crippen LogP contribution < -0.4 is 5.32 Å². The molecule has 0 saturated heterocycles. The molecule has 3 aliphatic carbocycles. The van der Waals surface area contributed by atoms with Crippen molar-refractivity contribution in [1.82, 2.24) is 9.78 Å². The summed E-state index contributed by atoms with van der Waals surface area (Å²) in [5.41, 5.74) is 3.23. The standard InChI is InChI=1S/C21H23F2N3O/c1-10(2)16-17-11-5-4-6-14(15(11)13-7-8-21(13,16)17)24-20(27)12-9-26(3)25-18(12)19(22)23/h4-6,9-10,13,16-17,19H,7-8H2,1-3H3,(H,24,27). The van der Waals surface area contributed by atoms with Crippen molar-refractivity contribution < 1.29 is 13.6 Å². The van der Waals surface area contributed by atoms with Gasteiger partial charge in [0.2, 0.25) is 0 Å². The normalized spacial score (nSPS) is 30.0. The van der Waals surface area contributed by atoms with Gasteiger partial charge in [-0.3, -0.25) is 9.48 Å². The molecule has 5 rings (SSSR count). The number of aromatic nitrogens is 2. The van der Waals surface area contributed by atoms with Crippen LogP contribution in [0.1, 0.15) is 72.1 Å². The van der Waals surface area contributed by atoms with Gasteiger partial charge in [0.05, 0.1) is 5.56 Å². The summed E-state index contributed by atoms with van der Waals surface area (Å²) < 4.78 is 27.7. The molecule has 4 unspecified atom stereocenters. The predicted molar refractivity (Wildman–Crippen MR) is 98.0 cm³/mol. The number of hydrogen-bond donors (Lipinski definition) is 1. The number of nitrogens with one attached hydrogen (secondary N) is 1. The molecule has 2 aromatic rings. The van der Waals surface area contributed by atoms with E-state index in [1.165, 1.54) is 28.4 Å². The van der Waals surface area contributed by atoms with Crippen molar-refractivity contribution in [3.05, 3.63) is 46.8 Å². The second-order valence-electron chi connectivity index (χ2n) is 8.62. The van der Waals surface area contributed by atoms with Crippen LogP contribution in [0.3, 0.4) is 0 Å². The molecule has 0 radical (unpaired) electrons. The first-order chi connectivity index (χ1) is 12.9. The maximum atomic E-state index is 13.2. The third-order valence-electron chi connectivity index (χ3n) is 7.06. The molecule has 4 nitrogen and oxygen atoms in total. The van der Waals surface area contributed by atoms with Crippen LogP contribution >= 0.6 is 0 Å². The van der Waals surface area contributed by atoms with Gasteiger partial charge in [-0.1, -0.05) is 26.0 Å². The molecular formula is C21H23F2N3O. The second kappa shape index (κ2) is 5.40. The molecule has 1 spiro atoms. The Labute approximate surface area is 156 Å². The van der Waals surface area contributed by atoms with Gasteiger partial charge in [-0.2, -0.15) is 5.10 Å². The zero-order valence-electron chi connectivity index (χ0n) is 15.7. The zero-order chi connectivity index (χ0) is 19.1. The van der Waals surface area contributed by atoms with Gasteiger partial charge >= 0.3 is 0 Å². The Morgan fingerprint density at radius 2 is 2.15 bits per heavy atom. The van der Waals surface area contributed by atoms with Gasteiger partial charge in [0, 0.05) is 18.9 Å². The third-order valence-corrected chi connectivity index (χ3v) is 7.06. The Hall–Kier alpha value is -2.24. The van der Waals surface area contributed by atoms with E-state index in [-0.39, 0.29) is 5.56 Å². The minimum atomic E-state index is -2.78. The number of carbonyl (C=O) groups is 1. The lowest BCUT2D eigenvalue weighted by Gasteiger charge is -2.38. The highest BCUT2D eigenvalue weighted by molar-refractivity contribution is 6.05. The topological polar surface area (TPSA) is 46.9 Å². The second-order valence-corrected chi connectivity index (χ2v) is 8.62. The molecule has 0 aliphatic heterocycles. The van der Waals surface area contributed by atoms with E-state index in [9.17, 15) is 13.6 Å². The molecule has 4 atom stereocenters. The van der Waals surface area contributed by atoms with Crippen molar-refractivity contribution in [2.45, 2.75) is 45.0 Å². The smallest absolute Gasteiger partial charge is 0.282 e. The monoisotopic (exact) mass is 371 g/mol. The molecular weight excluding hydrogens is 348 g/mol. The van der Waals surface area contributed by atoms with Crippen molar-refractivity contribution in [3.63, 3.8) is 0 Å². The molecule has 1 amide bonds. The lowest BCUT2D eigenvalue weighted by atomic mass is 9.66. The molecule has 1 aromatic carbocycles. The van der Waals surface area contributed by atoms with Crippen LogP contribution in [-0.2, 0) is 7.05 Å². The third kappa shape index (κ3) is 2.07. The van der Waals surface area contributed by atoms with Crippen LogP contribution in [0.15, 0.2) is 24.4 Å². The van der Waals surface area contributed by atoms with E-state index in [2.05, 4.69) is 30.3 Å². The Morgan fingerprint density at radius 1 is 1.37 bits per heavy atom. The molecule has 2 saturated carbocycles. The summed E-state index contributed by atoms with van der Waals surface area (Å²) in [4.78, 5) is 12.7. The number of halogens is 2. The van der Waals surface area contributed by atoms with Crippen molar-refractivity contribution in [3.8, 4) is 0 Å². The summed E-state index contributed by atoms with van der Waals surface area (Å²) in [6.45, 7) is 4.60. The number of aryl methyl sites for hydroxylation is 1. The summed E-state index contributed by atoms with van der Waals surface area (Å²) in [6.07, 6.45) is 0.986. The number of hydrogen-bond acceptors (Lipinski definition) is 2. The fourth-order valence-corrected chi connectivity index (χ4v) is 6.17. The van der Waals surface area contributed by atoms with Gasteiger partial charge in [0.25, 0.3) is 12.3 Å². The van der Waals surface area contributed by atoms with Crippen LogP contribution in [0, 0.1) is 17.3 Å². The number of carbonyl (C=O) groups excluding carboxylic acids is 1. The van der Waals surface area contributed by atoms with Gasteiger partial charge in [0.1, 0.15) is 5.69 Å². The summed E-state index contributed by atoms with van der Waals surface area (Å²) >= 11 is 0. The van der Waals surface area contributed by atoms with Crippen molar-refractivity contribution in [2.24, 2.45) is 24.3 Å². The summed E-state index contributed by atoms with van der Waals surface area (Å²) in [6, 6.07) is 6.06. The highest BCUT2D eigenvalue weighted by Crippen LogP contribution is 2.86. The molecule has 2 fully saturated rings. The molecule has 1 N–H and O–H groups in total. The number of fused-ring (bicyclic) bond motifs is 3. The average Bonchev–Trinajstić information content (AvgIpc) is 3.10. The highest BCUT2D eigenvalue weighted by Gasteiger charge is 2.77. The van der Waals surface area contributed by atoms with Crippen LogP contribution in [0.5, 0.6) is 0 Å². The van der Waals surface area contributed by atoms with Gasteiger partial charge in [0.15, 0.2) is 0 Å². The molecule has 1 heterocycles. The number of anilines is 1. The van der Waals surface area contributed by atoms with Crippen LogP contribution in [-0.4, -0.2) is 15.7 Å². The van der Waals surface area contributed by atoms with E-state index in [1.807, 2.05) is 12.1 Å². The minimum absolute atomic E-state index is 0.0587. The lowest BCUT2D eigenvalue weighted by Crippen LogP contribution is -2.28. The van der Waals surface area contributed by atoms with Crippen molar-refractivity contribution in [1.29, 1.82) is 0 Å². The number of amides is 1. The van der Waals surface area contributed by atoms with Gasteiger partial charge in [-0.05, 0) is 59.1 Å². The van der Waals surface area contributed by atoms with E-state index < -0.39 is 18.0 Å². The molecule has 3 aliphatic rings. The first-order valence-corrected chi connectivity index (χ1v) is 9.62. The molecule has 6 heteroatoms. The fraction of sp³-hybridized carbons (Fsp3) is 0.524. The lowest BCUT2D eigenvalue weighted by molar-refractivity contribution is 0.101. The van der Waals surface area contributed by atoms with Gasteiger partial charge in [-0.15, -0.1) is 0 Å². The van der Waals surface area contributed by atoms with Crippen LogP contribution in [0.2, 0.25) is 0 Å². The quantitative estimate of drug-likeness (QED) is 0.835. The Kier molecular flexibility index (Phi) is 3.38. The largest absolute Gasteiger partial charge is 0.322 e. The van der Waals surface area contributed by atoms with E-state index in [1.54, 1.807) is 7.05 Å². The number of rotatable bonds is 4. The number of benzene rings is 1. The number of alkyl halides is 2. The average molecular weight is 371 g/mol. The van der Waals surface area contributed by atoms with Crippen molar-refractivity contribution >= 4 is 11.6 Å². The number of nitrogens with zero attached hydrogens (tertiary/aromatic N) is 2. The Balaban J connectivity index is 1.48. The maximum Gasteiger partial charge on any atom is 0.282 e. The molecule has 1 aromatic heterocycles. The molecule has 0 bridgehead atoms. The van der Waals surface area contributed by atoms with E-state index in [0.717, 1.165) is 18.0 Å². The maximum absolute atomic E-state index is 13.2.